The van der Waals surface area contributed by atoms with Crippen LogP contribution in [0.2, 0.25) is 0 Å². The Hall–Kier alpha value is -2.03. The molecular formula is C17H17NO5S2. The number of benzene rings is 2. The van der Waals surface area contributed by atoms with Gasteiger partial charge in [0.25, 0.3) is 5.69 Å². The summed E-state index contributed by atoms with van der Waals surface area (Å²) in [5.74, 6) is -0.787. The molecule has 0 spiro atoms. The van der Waals surface area contributed by atoms with E-state index >= 15 is 0 Å². The molecule has 25 heavy (non-hydrogen) atoms. The van der Waals surface area contributed by atoms with E-state index in [2.05, 4.69) is 4.74 Å². The zero-order valence-electron chi connectivity index (χ0n) is 13.6. The van der Waals surface area contributed by atoms with Crippen LogP contribution in [0.4, 0.5) is 5.69 Å². The molecule has 2 unspecified atom stereocenters. The molecule has 0 radical (unpaired) electrons. The van der Waals surface area contributed by atoms with Crippen LogP contribution in [-0.4, -0.2) is 35.5 Å². The number of nitro groups is 1. The molecule has 0 bridgehead atoms. The molecule has 0 aromatic heterocycles. The fraction of sp³-hybridized carbons (Fsp3) is 0.235. The molecule has 8 heteroatoms. The van der Waals surface area contributed by atoms with E-state index in [0.717, 1.165) is 16.7 Å². The molecule has 2 aromatic rings. The average molecular weight is 379 g/mol. The van der Waals surface area contributed by atoms with E-state index in [9.17, 15) is 20.0 Å². The summed E-state index contributed by atoms with van der Waals surface area (Å²) in [7, 11) is 1.19. The Balaban J connectivity index is 2.41. The molecule has 2 aromatic carbocycles. The van der Waals surface area contributed by atoms with Crippen molar-refractivity contribution in [2.75, 3.05) is 13.4 Å². The minimum absolute atomic E-state index is 0.0738. The molecule has 0 aliphatic carbocycles. The first kappa shape index (κ1) is 19.3. The van der Waals surface area contributed by atoms with E-state index in [0.29, 0.717) is 10.5 Å². The van der Waals surface area contributed by atoms with E-state index in [1.165, 1.54) is 13.2 Å². The van der Waals surface area contributed by atoms with Gasteiger partial charge in [0.2, 0.25) is 0 Å². The second-order valence-electron chi connectivity index (χ2n) is 5.00. The van der Waals surface area contributed by atoms with E-state index < -0.39 is 22.2 Å². The Morgan fingerprint density at radius 3 is 2.40 bits per heavy atom. The Morgan fingerprint density at radius 1 is 1.20 bits per heavy atom. The van der Waals surface area contributed by atoms with Crippen molar-refractivity contribution < 1.29 is 19.6 Å². The third-order valence-electron chi connectivity index (χ3n) is 3.49. The highest BCUT2D eigenvalue weighted by molar-refractivity contribution is 7.99. The number of para-hydroxylation sites is 1. The van der Waals surface area contributed by atoms with Gasteiger partial charge < -0.3 is 9.84 Å². The Morgan fingerprint density at radius 2 is 1.84 bits per heavy atom. The number of hydrogen-bond acceptors (Lipinski definition) is 7. The summed E-state index contributed by atoms with van der Waals surface area (Å²) in [5, 5.41) is 20.9. The van der Waals surface area contributed by atoms with E-state index in [1.807, 2.05) is 18.4 Å². The van der Waals surface area contributed by atoms with Crippen molar-refractivity contribution in [3.63, 3.8) is 0 Å². The number of hydrogen-bond donors (Lipinski definition) is 1. The molecule has 0 fully saturated rings. The number of rotatable bonds is 7. The largest absolute Gasteiger partial charge is 0.467 e. The standard InChI is InChI=1S/C17H17NO5S2/c1-23-17(20)15(19)16(11-7-9-12(24-2)10-8-11)25-14-6-4-3-5-13(14)18(21)22/h3-10,15-16,19H,1-2H3. The molecule has 0 aliphatic rings. The molecular weight excluding hydrogens is 362 g/mol. The van der Waals surface area contributed by atoms with Gasteiger partial charge in [0.1, 0.15) is 0 Å². The number of aliphatic hydroxyl groups is 1. The number of esters is 1. The van der Waals surface area contributed by atoms with Crippen molar-refractivity contribution in [3.8, 4) is 0 Å². The summed E-state index contributed by atoms with van der Waals surface area (Å²) in [6, 6.07) is 13.6. The molecule has 2 rings (SSSR count). The average Bonchev–Trinajstić information content (AvgIpc) is 2.65. The number of aliphatic hydroxyl groups excluding tert-OH is 1. The minimum atomic E-state index is -1.45. The van der Waals surface area contributed by atoms with Crippen LogP contribution in [0.15, 0.2) is 58.3 Å². The van der Waals surface area contributed by atoms with Crippen LogP contribution in [0.1, 0.15) is 10.8 Å². The van der Waals surface area contributed by atoms with Crippen LogP contribution < -0.4 is 0 Å². The maximum atomic E-state index is 11.8. The van der Waals surface area contributed by atoms with Gasteiger partial charge in [-0.15, -0.1) is 23.5 Å². The SMILES string of the molecule is COC(=O)C(O)C(Sc1ccccc1[N+](=O)[O-])c1ccc(SC)cc1. The lowest BCUT2D eigenvalue weighted by Gasteiger charge is -2.21. The first-order chi connectivity index (χ1) is 12.0. The first-order valence-corrected chi connectivity index (χ1v) is 9.38. The van der Waals surface area contributed by atoms with Crippen LogP contribution in [0, 0.1) is 10.1 Å². The third kappa shape index (κ3) is 4.75. The number of methoxy groups -OCH3 is 1. The summed E-state index contributed by atoms with van der Waals surface area (Å²) in [6.07, 6.45) is 0.493. The highest BCUT2D eigenvalue weighted by Crippen LogP contribution is 2.42. The minimum Gasteiger partial charge on any atom is -0.467 e. The number of carbonyl (C=O) groups excluding carboxylic acids is 1. The van der Waals surface area contributed by atoms with E-state index in [1.54, 1.807) is 42.1 Å². The molecule has 0 amide bonds. The van der Waals surface area contributed by atoms with Gasteiger partial charge in [-0.2, -0.15) is 0 Å². The molecule has 0 saturated heterocycles. The predicted molar refractivity (Wildman–Crippen MR) is 97.9 cm³/mol. The number of carbonyl (C=O) groups is 1. The third-order valence-corrected chi connectivity index (χ3v) is 5.62. The first-order valence-electron chi connectivity index (χ1n) is 7.28. The van der Waals surface area contributed by atoms with Gasteiger partial charge in [0, 0.05) is 11.0 Å². The summed E-state index contributed by atoms with van der Waals surface area (Å²) in [6.45, 7) is 0. The normalized spacial score (nSPS) is 13.1. The highest BCUT2D eigenvalue weighted by atomic mass is 32.2. The van der Waals surface area contributed by atoms with Crippen LogP contribution in [0.5, 0.6) is 0 Å². The monoisotopic (exact) mass is 379 g/mol. The number of nitrogens with zero attached hydrogens (tertiary/aromatic N) is 1. The summed E-state index contributed by atoms with van der Waals surface area (Å²) in [5.41, 5.74) is 0.606. The molecule has 0 saturated carbocycles. The van der Waals surface area contributed by atoms with Gasteiger partial charge in [-0.1, -0.05) is 24.3 Å². The maximum Gasteiger partial charge on any atom is 0.336 e. The number of nitro benzene ring substituents is 1. The smallest absolute Gasteiger partial charge is 0.336 e. The number of thioether (sulfide) groups is 2. The quantitative estimate of drug-likeness (QED) is 0.340. The van der Waals surface area contributed by atoms with Gasteiger partial charge >= 0.3 is 5.97 Å². The fourth-order valence-electron chi connectivity index (χ4n) is 2.20. The highest BCUT2D eigenvalue weighted by Gasteiger charge is 2.31. The Labute approximate surface area is 153 Å². The second-order valence-corrected chi connectivity index (χ2v) is 7.07. The zero-order valence-corrected chi connectivity index (χ0v) is 15.3. The number of ether oxygens (including phenoxy) is 1. The molecule has 0 heterocycles. The fourth-order valence-corrected chi connectivity index (χ4v) is 3.83. The van der Waals surface area contributed by atoms with Crippen molar-refractivity contribution in [2.45, 2.75) is 21.1 Å². The van der Waals surface area contributed by atoms with Crippen molar-refractivity contribution in [1.82, 2.24) is 0 Å². The Kier molecular flexibility index (Phi) is 6.86. The van der Waals surface area contributed by atoms with Gasteiger partial charge in [0.05, 0.1) is 22.2 Å². The topological polar surface area (TPSA) is 89.7 Å². The summed E-state index contributed by atoms with van der Waals surface area (Å²) in [4.78, 5) is 24.0. The summed E-state index contributed by atoms with van der Waals surface area (Å²) >= 11 is 2.63. The maximum absolute atomic E-state index is 11.8. The van der Waals surface area contributed by atoms with Gasteiger partial charge in [0.15, 0.2) is 6.10 Å². The van der Waals surface area contributed by atoms with Crippen molar-refractivity contribution >= 4 is 35.2 Å². The molecule has 0 aliphatic heterocycles. The molecule has 132 valence electrons. The lowest BCUT2D eigenvalue weighted by atomic mass is 10.1. The van der Waals surface area contributed by atoms with E-state index in [-0.39, 0.29) is 5.69 Å². The zero-order chi connectivity index (χ0) is 18.4. The Bertz CT molecular complexity index is 751. The van der Waals surface area contributed by atoms with Crippen LogP contribution in [0.25, 0.3) is 0 Å². The second kappa shape index (κ2) is 8.89. The molecule has 1 N–H and O–H groups in total. The van der Waals surface area contributed by atoms with Crippen molar-refractivity contribution in [2.24, 2.45) is 0 Å². The van der Waals surface area contributed by atoms with Crippen LogP contribution in [0.3, 0.4) is 0 Å². The summed E-state index contributed by atoms with van der Waals surface area (Å²) < 4.78 is 4.63. The van der Waals surface area contributed by atoms with Crippen LogP contribution in [-0.2, 0) is 9.53 Å². The molecule has 6 nitrogen and oxygen atoms in total. The lowest BCUT2D eigenvalue weighted by molar-refractivity contribution is -0.387. The van der Waals surface area contributed by atoms with E-state index in [4.69, 9.17) is 0 Å². The predicted octanol–water partition coefficient (Wildman–Crippen LogP) is 3.68. The van der Waals surface area contributed by atoms with Crippen molar-refractivity contribution in [1.29, 1.82) is 0 Å². The van der Waals surface area contributed by atoms with Gasteiger partial charge in [-0.05, 0) is 30.0 Å². The van der Waals surface area contributed by atoms with Crippen LogP contribution >= 0.6 is 23.5 Å². The van der Waals surface area contributed by atoms with Gasteiger partial charge in [-0.25, -0.2) is 4.79 Å². The van der Waals surface area contributed by atoms with Gasteiger partial charge in [-0.3, -0.25) is 10.1 Å². The van der Waals surface area contributed by atoms with Crippen molar-refractivity contribution in [3.05, 3.63) is 64.2 Å². The lowest BCUT2D eigenvalue weighted by Crippen LogP contribution is -2.27. The molecule has 2 atom stereocenters.